The number of sulfonamides is 1. The number of benzene rings is 2. The van der Waals surface area contributed by atoms with Crippen molar-refractivity contribution in [2.24, 2.45) is 10.8 Å². The van der Waals surface area contributed by atoms with E-state index in [9.17, 15) is 8.42 Å². The summed E-state index contributed by atoms with van der Waals surface area (Å²) in [4.78, 5) is -0.155. The molecule has 10 nitrogen and oxygen atoms in total. The number of nitrogens with two attached hydrogens (primary N) is 1. The van der Waals surface area contributed by atoms with Gasteiger partial charge in [0.25, 0.3) is 10.0 Å². The number of methoxy groups -OCH3 is 2. The first-order valence-corrected chi connectivity index (χ1v) is 9.22. The van der Waals surface area contributed by atoms with Gasteiger partial charge in [-0.25, -0.2) is 8.42 Å². The zero-order valence-corrected chi connectivity index (χ0v) is 15.9. The molecule has 0 amide bonds. The molecule has 11 heteroatoms. The first-order valence-electron chi connectivity index (χ1n) is 7.74. The molecular formula is C17H18N6O4S. The van der Waals surface area contributed by atoms with Gasteiger partial charge in [-0.3, -0.25) is 15.6 Å². The van der Waals surface area contributed by atoms with E-state index in [0.717, 1.165) is 0 Å². The quantitative estimate of drug-likeness (QED) is 0.297. The van der Waals surface area contributed by atoms with E-state index < -0.39 is 15.9 Å². The Hall–Kier alpha value is -3.78. The molecule has 2 aromatic carbocycles. The van der Waals surface area contributed by atoms with Gasteiger partial charge in [-0.15, -0.1) is 0 Å². The van der Waals surface area contributed by atoms with Gasteiger partial charge in [0.1, 0.15) is 28.2 Å². The molecule has 146 valence electrons. The third-order valence-corrected chi connectivity index (χ3v) is 4.85. The number of amidine groups is 1. The minimum atomic E-state index is -3.98. The third kappa shape index (κ3) is 4.68. The second-order valence-electron chi connectivity index (χ2n) is 5.27. The predicted octanol–water partition coefficient (Wildman–Crippen LogP) is 1.73. The Labute approximate surface area is 162 Å². The zero-order chi connectivity index (χ0) is 20.7. The molecule has 0 aromatic heterocycles. The monoisotopic (exact) mass is 402 g/mol. The highest BCUT2D eigenvalue weighted by Crippen LogP contribution is 2.36. The van der Waals surface area contributed by atoms with Crippen molar-refractivity contribution >= 4 is 32.9 Å². The van der Waals surface area contributed by atoms with Crippen LogP contribution in [0.25, 0.3) is 0 Å². The van der Waals surface area contributed by atoms with Crippen LogP contribution >= 0.6 is 0 Å². The van der Waals surface area contributed by atoms with Crippen LogP contribution < -0.4 is 25.4 Å². The highest BCUT2D eigenvalue weighted by molar-refractivity contribution is 7.92. The average Bonchev–Trinajstić information content (AvgIpc) is 2.68. The van der Waals surface area contributed by atoms with Gasteiger partial charge in [-0.1, -0.05) is 18.2 Å². The molecule has 0 aliphatic heterocycles. The second kappa shape index (κ2) is 8.74. The van der Waals surface area contributed by atoms with E-state index >= 15 is 0 Å². The number of rotatable bonds is 8. The number of nitriles is 1. The van der Waals surface area contributed by atoms with E-state index in [-0.39, 0.29) is 27.8 Å². The topological polar surface area (TPSA) is 163 Å². The van der Waals surface area contributed by atoms with Crippen LogP contribution in [0.2, 0.25) is 0 Å². The summed E-state index contributed by atoms with van der Waals surface area (Å²) in [6.45, 7) is 0. The maximum absolute atomic E-state index is 12.8. The summed E-state index contributed by atoms with van der Waals surface area (Å²) in [6, 6.07) is 12.6. The van der Waals surface area contributed by atoms with E-state index in [1.165, 1.54) is 26.4 Å². The maximum atomic E-state index is 12.8. The SMILES string of the molecule is COc1cc(S(=O)(=O)Nc2ccccc2)c(OC)cc1N/N=C(\C#N)C(=N)N. The van der Waals surface area contributed by atoms with Gasteiger partial charge in [0.15, 0.2) is 5.84 Å². The van der Waals surface area contributed by atoms with Crippen molar-refractivity contribution in [1.82, 2.24) is 0 Å². The summed E-state index contributed by atoms with van der Waals surface area (Å²) < 4.78 is 38.4. The van der Waals surface area contributed by atoms with Crippen molar-refractivity contribution in [1.29, 1.82) is 10.7 Å². The number of hydrazone groups is 1. The minimum Gasteiger partial charge on any atom is -0.495 e. The second-order valence-corrected chi connectivity index (χ2v) is 6.92. The molecule has 5 N–H and O–H groups in total. The van der Waals surface area contributed by atoms with E-state index in [4.69, 9.17) is 25.9 Å². The predicted molar refractivity (Wildman–Crippen MR) is 105 cm³/mol. The standard InChI is InChI=1S/C17H18N6O4S/c1-26-14-9-16(28(24,25)23-11-6-4-3-5-7-11)15(27-2)8-12(14)21-22-13(10-18)17(19)20/h3-9,21,23H,1-2H3,(H3,19,20)/b22-13+. The number of anilines is 2. The number of hydrogen-bond donors (Lipinski definition) is 4. The lowest BCUT2D eigenvalue weighted by Gasteiger charge is -2.15. The molecule has 0 atom stereocenters. The van der Waals surface area contributed by atoms with Crippen LogP contribution in [0.4, 0.5) is 11.4 Å². The van der Waals surface area contributed by atoms with Crippen molar-refractivity contribution < 1.29 is 17.9 Å². The Morgan fingerprint density at radius 3 is 2.36 bits per heavy atom. The van der Waals surface area contributed by atoms with Crippen molar-refractivity contribution in [3.8, 4) is 17.6 Å². The lowest BCUT2D eigenvalue weighted by molar-refractivity contribution is 0.393. The van der Waals surface area contributed by atoms with E-state index in [2.05, 4.69) is 15.2 Å². The number of ether oxygens (including phenoxy) is 2. The number of para-hydroxylation sites is 1. The molecule has 0 bridgehead atoms. The van der Waals surface area contributed by atoms with Gasteiger partial charge >= 0.3 is 0 Å². The van der Waals surface area contributed by atoms with Crippen LogP contribution in [0.1, 0.15) is 0 Å². The van der Waals surface area contributed by atoms with Crippen molar-refractivity contribution in [2.45, 2.75) is 4.90 Å². The van der Waals surface area contributed by atoms with Gasteiger partial charge in [0.05, 0.1) is 14.2 Å². The van der Waals surface area contributed by atoms with Crippen LogP contribution in [0, 0.1) is 16.7 Å². The van der Waals surface area contributed by atoms with Crippen LogP contribution in [-0.4, -0.2) is 34.2 Å². The Kier molecular flexibility index (Phi) is 6.41. The van der Waals surface area contributed by atoms with E-state index in [0.29, 0.717) is 5.69 Å². The van der Waals surface area contributed by atoms with Crippen molar-refractivity contribution in [3.05, 3.63) is 42.5 Å². The van der Waals surface area contributed by atoms with Crippen LogP contribution in [0.15, 0.2) is 52.5 Å². The fourth-order valence-electron chi connectivity index (χ4n) is 2.14. The fraction of sp³-hybridized carbons (Fsp3) is 0.118. The number of nitrogens with one attached hydrogen (secondary N) is 3. The molecule has 2 rings (SSSR count). The highest BCUT2D eigenvalue weighted by Gasteiger charge is 2.23. The Balaban J connectivity index is 2.47. The molecule has 0 aliphatic carbocycles. The fourth-order valence-corrected chi connectivity index (χ4v) is 3.37. The Bertz CT molecular complexity index is 1050. The summed E-state index contributed by atoms with van der Waals surface area (Å²) in [5, 5.41) is 19.9. The largest absolute Gasteiger partial charge is 0.495 e. The molecule has 0 spiro atoms. The maximum Gasteiger partial charge on any atom is 0.265 e. The molecule has 0 aliphatic rings. The average molecular weight is 402 g/mol. The molecule has 0 saturated carbocycles. The Morgan fingerprint density at radius 2 is 1.82 bits per heavy atom. The molecule has 0 fully saturated rings. The summed E-state index contributed by atoms with van der Waals surface area (Å²) >= 11 is 0. The van der Waals surface area contributed by atoms with Crippen molar-refractivity contribution in [2.75, 3.05) is 24.4 Å². The summed E-state index contributed by atoms with van der Waals surface area (Å²) in [6.07, 6.45) is 0. The highest BCUT2D eigenvalue weighted by atomic mass is 32.2. The molecular weight excluding hydrogens is 384 g/mol. The normalized spacial score (nSPS) is 11.2. The Morgan fingerprint density at radius 1 is 1.18 bits per heavy atom. The van der Waals surface area contributed by atoms with E-state index in [1.54, 1.807) is 36.4 Å². The summed E-state index contributed by atoms with van der Waals surface area (Å²) in [7, 11) is -1.33. The molecule has 2 aromatic rings. The van der Waals surface area contributed by atoms with Gasteiger partial charge in [0, 0.05) is 17.8 Å². The summed E-state index contributed by atoms with van der Waals surface area (Å²) in [5.74, 6) is -0.380. The first-order chi connectivity index (χ1) is 13.3. The molecule has 0 saturated heterocycles. The number of hydrogen-bond acceptors (Lipinski definition) is 8. The van der Waals surface area contributed by atoms with Crippen LogP contribution in [0.5, 0.6) is 11.5 Å². The molecule has 0 radical (unpaired) electrons. The molecule has 0 unspecified atom stereocenters. The summed E-state index contributed by atoms with van der Waals surface area (Å²) in [5.41, 5.74) is 8.02. The van der Waals surface area contributed by atoms with E-state index in [1.807, 2.05) is 0 Å². The van der Waals surface area contributed by atoms with Gasteiger partial charge in [0.2, 0.25) is 5.71 Å². The third-order valence-electron chi connectivity index (χ3n) is 3.45. The van der Waals surface area contributed by atoms with Gasteiger partial charge < -0.3 is 15.2 Å². The van der Waals surface area contributed by atoms with Gasteiger partial charge in [-0.2, -0.15) is 10.4 Å². The van der Waals surface area contributed by atoms with Crippen LogP contribution in [0.3, 0.4) is 0 Å². The zero-order valence-electron chi connectivity index (χ0n) is 15.1. The smallest absolute Gasteiger partial charge is 0.265 e. The van der Waals surface area contributed by atoms with Crippen molar-refractivity contribution in [3.63, 3.8) is 0 Å². The lowest BCUT2D eigenvalue weighted by atomic mass is 10.2. The van der Waals surface area contributed by atoms with Gasteiger partial charge in [-0.05, 0) is 12.1 Å². The lowest BCUT2D eigenvalue weighted by Crippen LogP contribution is -2.22. The molecule has 28 heavy (non-hydrogen) atoms. The number of nitrogens with zero attached hydrogens (tertiary/aromatic N) is 2. The molecule has 0 heterocycles. The van der Waals surface area contributed by atoms with Crippen LogP contribution in [-0.2, 0) is 10.0 Å². The minimum absolute atomic E-state index is 0.0169. The first kappa shape index (κ1) is 20.5.